The van der Waals surface area contributed by atoms with Crippen LogP contribution in [0.5, 0.6) is 0 Å². The van der Waals surface area contributed by atoms with Gasteiger partial charge in [0, 0.05) is 17.1 Å². The molecule has 1 N–H and O–H groups in total. The summed E-state index contributed by atoms with van der Waals surface area (Å²) in [5.41, 5.74) is 2.56. The minimum absolute atomic E-state index is 0.904. The second kappa shape index (κ2) is 5.24. The van der Waals surface area contributed by atoms with Crippen molar-refractivity contribution in [2.75, 3.05) is 11.6 Å². The molecular formula is C12H13NS2. The van der Waals surface area contributed by atoms with Crippen LogP contribution in [0.2, 0.25) is 0 Å². The first-order valence-corrected chi connectivity index (χ1v) is 6.95. The van der Waals surface area contributed by atoms with Gasteiger partial charge in [-0.15, -0.1) is 11.8 Å². The predicted molar refractivity (Wildman–Crippen MR) is 69.9 cm³/mol. The third-order valence-corrected chi connectivity index (χ3v) is 3.70. The average Bonchev–Trinajstić information content (AvgIpc) is 2.79. The Balaban J connectivity index is 2.04. The summed E-state index contributed by atoms with van der Waals surface area (Å²) in [7, 11) is 0. The molecule has 1 aromatic carbocycles. The van der Waals surface area contributed by atoms with Crippen LogP contribution in [0.3, 0.4) is 0 Å². The van der Waals surface area contributed by atoms with Gasteiger partial charge in [0.1, 0.15) is 0 Å². The van der Waals surface area contributed by atoms with Crippen LogP contribution in [0.15, 0.2) is 46.0 Å². The smallest absolute Gasteiger partial charge is 0.0480 e. The highest BCUT2D eigenvalue weighted by Crippen LogP contribution is 2.25. The third kappa shape index (κ3) is 2.76. The Bertz CT molecular complexity index is 409. The molecule has 0 atom stereocenters. The van der Waals surface area contributed by atoms with Crippen LogP contribution in [0, 0.1) is 0 Å². The number of para-hydroxylation sites is 1. The van der Waals surface area contributed by atoms with Crippen molar-refractivity contribution in [3.8, 4) is 0 Å². The summed E-state index contributed by atoms with van der Waals surface area (Å²) >= 11 is 3.51. The van der Waals surface area contributed by atoms with Crippen LogP contribution in [0.1, 0.15) is 5.56 Å². The summed E-state index contributed by atoms with van der Waals surface area (Å²) in [4.78, 5) is 1.30. The van der Waals surface area contributed by atoms with Gasteiger partial charge in [0.15, 0.2) is 0 Å². The zero-order chi connectivity index (χ0) is 10.5. The SMILES string of the molecule is CSc1ccccc1NCc1ccsc1. The highest BCUT2D eigenvalue weighted by atomic mass is 32.2. The molecule has 0 radical (unpaired) electrons. The Hall–Kier alpha value is -0.930. The molecular weight excluding hydrogens is 222 g/mol. The second-order valence-corrected chi connectivity index (χ2v) is 4.81. The number of hydrogen-bond acceptors (Lipinski definition) is 3. The fraction of sp³-hybridized carbons (Fsp3) is 0.167. The largest absolute Gasteiger partial charge is 0.380 e. The summed E-state index contributed by atoms with van der Waals surface area (Å²) in [5, 5.41) is 7.74. The molecule has 3 heteroatoms. The quantitative estimate of drug-likeness (QED) is 0.801. The van der Waals surface area contributed by atoms with E-state index < -0.39 is 0 Å². The van der Waals surface area contributed by atoms with Gasteiger partial charge in [0.05, 0.1) is 0 Å². The lowest BCUT2D eigenvalue weighted by molar-refractivity contribution is 1.14. The van der Waals surface area contributed by atoms with Crippen LogP contribution in [-0.2, 0) is 6.54 Å². The number of hydrogen-bond donors (Lipinski definition) is 1. The first-order chi connectivity index (χ1) is 7.40. The van der Waals surface area contributed by atoms with E-state index in [9.17, 15) is 0 Å². The van der Waals surface area contributed by atoms with Crippen LogP contribution in [-0.4, -0.2) is 6.26 Å². The van der Waals surface area contributed by atoms with Gasteiger partial charge in [0.2, 0.25) is 0 Å². The normalized spacial score (nSPS) is 10.2. The first kappa shape index (κ1) is 10.6. The summed E-state index contributed by atoms with van der Waals surface area (Å²) in [6.07, 6.45) is 2.10. The Morgan fingerprint density at radius 3 is 2.87 bits per heavy atom. The van der Waals surface area contributed by atoms with Gasteiger partial charge in [-0.25, -0.2) is 0 Å². The van der Waals surface area contributed by atoms with E-state index in [1.807, 2.05) is 0 Å². The lowest BCUT2D eigenvalue weighted by Crippen LogP contribution is -1.98. The summed E-state index contributed by atoms with van der Waals surface area (Å²) < 4.78 is 0. The minimum atomic E-state index is 0.904. The van der Waals surface area contributed by atoms with Crippen molar-refractivity contribution in [2.45, 2.75) is 11.4 Å². The van der Waals surface area contributed by atoms with Crippen LogP contribution < -0.4 is 5.32 Å². The third-order valence-electron chi connectivity index (χ3n) is 2.17. The second-order valence-electron chi connectivity index (χ2n) is 3.19. The molecule has 0 aliphatic rings. The highest BCUT2D eigenvalue weighted by Gasteiger charge is 1.99. The van der Waals surface area contributed by atoms with Crippen molar-refractivity contribution in [3.05, 3.63) is 46.7 Å². The molecule has 0 saturated heterocycles. The zero-order valence-electron chi connectivity index (χ0n) is 8.57. The Morgan fingerprint density at radius 2 is 2.13 bits per heavy atom. The molecule has 0 bridgehead atoms. The molecule has 15 heavy (non-hydrogen) atoms. The van der Waals surface area contributed by atoms with Gasteiger partial charge < -0.3 is 5.32 Å². The Morgan fingerprint density at radius 1 is 1.27 bits per heavy atom. The van der Waals surface area contributed by atoms with E-state index in [2.05, 4.69) is 52.7 Å². The maximum Gasteiger partial charge on any atom is 0.0480 e. The van der Waals surface area contributed by atoms with Crippen molar-refractivity contribution in [3.63, 3.8) is 0 Å². The fourth-order valence-electron chi connectivity index (χ4n) is 1.38. The maximum absolute atomic E-state index is 3.45. The highest BCUT2D eigenvalue weighted by molar-refractivity contribution is 7.98. The Labute approximate surface area is 98.5 Å². The number of rotatable bonds is 4. The van der Waals surface area contributed by atoms with Crippen LogP contribution >= 0.6 is 23.1 Å². The Kier molecular flexibility index (Phi) is 3.69. The van der Waals surface area contributed by atoms with Crippen LogP contribution in [0.4, 0.5) is 5.69 Å². The van der Waals surface area contributed by atoms with Gasteiger partial charge in [0.25, 0.3) is 0 Å². The summed E-state index contributed by atoms with van der Waals surface area (Å²) in [6, 6.07) is 10.6. The van der Waals surface area contributed by atoms with Crippen molar-refractivity contribution in [1.82, 2.24) is 0 Å². The van der Waals surface area contributed by atoms with Gasteiger partial charge in [-0.3, -0.25) is 0 Å². The number of benzene rings is 1. The molecule has 2 rings (SSSR count). The van der Waals surface area contributed by atoms with E-state index in [1.54, 1.807) is 23.1 Å². The average molecular weight is 235 g/mol. The molecule has 0 aliphatic carbocycles. The molecule has 0 fully saturated rings. The van der Waals surface area contributed by atoms with Crippen molar-refractivity contribution in [2.24, 2.45) is 0 Å². The molecule has 0 aliphatic heterocycles. The van der Waals surface area contributed by atoms with E-state index in [1.165, 1.54) is 16.1 Å². The molecule has 0 saturated carbocycles. The van der Waals surface area contributed by atoms with Crippen molar-refractivity contribution in [1.29, 1.82) is 0 Å². The minimum Gasteiger partial charge on any atom is -0.380 e. The van der Waals surface area contributed by atoms with E-state index >= 15 is 0 Å². The molecule has 0 unspecified atom stereocenters. The van der Waals surface area contributed by atoms with Gasteiger partial charge >= 0.3 is 0 Å². The van der Waals surface area contributed by atoms with Crippen molar-refractivity contribution < 1.29 is 0 Å². The van der Waals surface area contributed by atoms with E-state index in [-0.39, 0.29) is 0 Å². The fourth-order valence-corrected chi connectivity index (χ4v) is 2.62. The van der Waals surface area contributed by atoms with Gasteiger partial charge in [-0.1, -0.05) is 12.1 Å². The number of nitrogens with one attached hydrogen (secondary N) is 1. The monoisotopic (exact) mass is 235 g/mol. The molecule has 2 aromatic rings. The molecule has 0 amide bonds. The molecule has 0 spiro atoms. The first-order valence-electron chi connectivity index (χ1n) is 4.78. The number of thiophene rings is 1. The standard InChI is InChI=1S/C12H13NS2/c1-14-12-5-3-2-4-11(12)13-8-10-6-7-15-9-10/h2-7,9,13H,8H2,1H3. The zero-order valence-corrected chi connectivity index (χ0v) is 10.2. The van der Waals surface area contributed by atoms with Gasteiger partial charge in [-0.05, 0) is 40.8 Å². The summed E-state index contributed by atoms with van der Waals surface area (Å²) in [6.45, 7) is 0.904. The molecule has 1 heterocycles. The van der Waals surface area contributed by atoms with Crippen LogP contribution in [0.25, 0.3) is 0 Å². The molecule has 1 nitrogen and oxygen atoms in total. The van der Waals surface area contributed by atoms with Gasteiger partial charge in [-0.2, -0.15) is 11.3 Å². The lowest BCUT2D eigenvalue weighted by Gasteiger charge is -2.09. The molecule has 1 aromatic heterocycles. The summed E-state index contributed by atoms with van der Waals surface area (Å²) in [5.74, 6) is 0. The molecule has 78 valence electrons. The topological polar surface area (TPSA) is 12.0 Å². The lowest BCUT2D eigenvalue weighted by atomic mass is 10.3. The number of thioether (sulfide) groups is 1. The predicted octanol–water partition coefficient (Wildman–Crippen LogP) is 4.08. The van der Waals surface area contributed by atoms with E-state index in [0.29, 0.717) is 0 Å². The number of anilines is 1. The maximum atomic E-state index is 3.45. The van der Waals surface area contributed by atoms with E-state index in [4.69, 9.17) is 0 Å². The van der Waals surface area contributed by atoms with Crippen molar-refractivity contribution >= 4 is 28.8 Å². The van der Waals surface area contributed by atoms with E-state index in [0.717, 1.165) is 6.54 Å².